The minimum absolute atomic E-state index is 0.0380. The van der Waals surface area contributed by atoms with Crippen LogP contribution in [0.5, 0.6) is 0 Å². The molecule has 5 nitrogen and oxygen atoms in total. The molecule has 146 valence electrons. The van der Waals surface area contributed by atoms with Crippen LogP contribution in [0.1, 0.15) is 11.1 Å². The third-order valence-electron chi connectivity index (χ3n) is 5.23. The van der Waals surface area contributed by atoms with Gasteiger partial charge in [-0.25, -0.2) is 9.97 Å². The lowest BCUT2D eigenvalue weighted by molar-refractivity contribution is -0.129. The lowest BCUT2D eigenvalue weighted by atomic mass is 9.99. The Hall–Kier alpha value is -3.47. The van der Waals surface area contributed by atoms with Crippen LogP contribution in [-0.2, 0) is 11.3 Å². The van der Waals surface area contributed by atoms with E-state index >= 15 is 0 Å². The second-order valence-electron chi connectivity index (χ2n) is 7.60. The summed E-state index contributed by atoms with van der Waals surface area (Å²) in [5.41, 5.74) is 7.56. The fourth-order valence-corrected chi connectivity index (χ4v) is 3.21. The van der Waals surface area contributed by atoms with E-state index in [2.05, 4.69) is 66.3 Å². The maximum absolute atomic E-state index is 11.9. The number of carbonyl (C=O) groups excluding carboxylic acids is 1. The Balaban J connectivity index is 1.60. The molecule has 29 heavy (non-hydrogen) atoms. The minimum atomic E-state index is 0.0380. The summed E-state index contributed by atoms with van der Waals surface area (Å²) in [5, 5.41) is 0. The van der Waals surface area contributed by atoms with Crippen molar-refractivity contribution in [1.29, 1.82) is 0 Å². The van der Waals surface area contributed by atoms with Crippen molar-refractivity contribution in [3.05, 3.63) is 72.1 Å². The van der Waals surface area contributed by atoms with Gasteiger partial charge in [-0.05, 0) is 42.2 Å². The van der Waals surface area contributed by atoms with E-state index in [1.54, 1.807) is 19.0 Å². The lowest BCUT2D eigenvalue weighted by Crippen LogP contribution is -2.26. The molecule has 0 bridgehead atoms. The van der Waals surface area contributed by atoms with Crippen molar-refractivity contribution < 1.29 is 4.79 Å². The van der Waals surface area contributed by atoms with Gasteiger partial charge < -0.3 is 9.47 Å². The van der Waals surface area contributed by atoms with E-state index < -0.39 is 0 Å². The Morgan fingerprint density at radius 1 is 0.862 bits per heavy atom. The fraction of sp³-hybridized carbons (Fsp3) is 0.208. The van der Waals surface area contributed by atoms with Crippen LogP contribution in [0.3, 0.4) is 0 Å². The van der Waals surface area contributed by atoms with Crippen LogP contribution in [0.15, 0.2) is 60.9 Å². The normalized spacial score (nSPS) is 11.0. The number of rotatable bonds is 4. The molecule has 0 radical (unpaired) electrons. The number of carbonyl (C=O) groups is 1. The largest absolute Gasteiger partial charge is 0.347 e. The Morgan fingerprint density at radius 2 is 1.52 bits per heavy atom. The van der Waals surface area contributed by atoms with Crippen molar-refractivity contribution in [2.75, 3.05) is 14.1 Å². The molecule has 0 aromatic heterocycles. The summed E-state index contributed by atoms with van der Waals surface area (Å²) in [6.45, 7) is 4.55. The van der Waals surface area contributed by atoms with E-state index in [0.717, 1.165) is 17.0 Å². The highest BCUT2D eigenvalue weighted by atomic mass is 16.2. The predicted octanol–water partition coefficient (Wildman–Crippen LogP) is 4.42. The second-order valence-corrected chi connectivity index (χ2v) is 7.60. The molecule has 0 spiro atoms. The van der Waals surface area contributed by atoms with Gasteiger partial charge in [-0.1, -0.05) is 42.5 Å². The molecule has 0 atom stereocenters. The lowest BCUT2D eigenvalue weighted by Gasteiger charge is -2.12. The van der Waals surface area contributed by atoms with E-state index in [1.165, 1.54) is 22.3 Å². The van der Waals surface area contributed by atoms with Gasteiger partial charge >= 0.3 is 0 Å². The van der Waals surface area contributed by atoms with E-state index in [9.17, 15) is 4.79 Å². The molecule has 4 rings (SSSR count). The number of imidazole rings is 1. The van der Waals surface area contributed by atoms with Crippen molar-refractivity contribution in [2.24, 2.45) is 0 Å². The standard InChI is InChI=1S/C24H24N4O/c1-16-5-6-20(13-17(16)2)18-7-9-19(10-8-18)24-25-21-11-12-28(14-22(21)26-24)15-23(29)27(3)4/h5-14H,15H2,1-4H3. The summed E-state index contributed by atoms with van der Waals surface area (Å²) in [7, 11) is 3.51. The highest BCUT2D eigenvalue weighted by Crippen LogP contribution is 2.28. The molecular formula is C24H24N4O. The summed E-state index contributed by atoms with van der Waals surface area (Å²) >= 11 is 0. The summed E-state index contributed by atoms with van der Waals surface area (Å²) in [4.78, 5) is 22.8. The van der Waals surface area contributed by atoms with Gasteiger partial charge in [-0.3, -0.25) is 4.79 Å². The van der Waals surface area contributed by atoms with Gasteiger partial charge in [0, 0.05) is 32.1 Å². The number of hydrogen-bond acceptors (Lipinski definition) is 3. The van der Waals surface area contributed by atoms with Crippen molar-refractivity contribution >= 4 is 5.91 Å². The van der Waals surface area contributed by atoms with Crippen molar-refractivity contribution in [2.45, 2.75) is 20.4 Å². The van der Waals surface area contributed by atoms with Gasteiger partial charge in [-0.15, -0.1) is 0 Å². The number of benzene rings is 2. The van der Waals surface area contributed by atoms with Gasteiger partial charge in [0.2, 0.25) is 5.91 Å². The maximum Gasteiger partial charge on any atom is 0.241 e. The average Bonchev–Trinajstić information content (AvgIpc) is 3.13. The molecule has 2 heterocycles. The first-order valence-corrected chi connectivity index (χ1v) is 9.62. The number of aromatic nitrogens is 3. The summed E-state index contributed by atoms with van der Waals surface area (Å²) in [5.74, 6) is 0.736. The zero-order chi connectivity index (χ0) is 20.5. The number of fused-ring (bicyclic) bond motifs is 1. The number of pyridine rings is 1. The minimum Gasteiger partial charge on any atom is -0.347 e. The van der Waals surface area contributed by atoms with E-state index in [0.29, 0.717) is 5.82 Å². The monoisotopic (exact) mass is 384 g/mol. The molecule has 0 N–H and O–H groups in total. The molecule has 2 aromatic carbocycles. The topological polar surface area (TPSA) is 51.0 Å². The van der Waals surface area contributed by atoms with E-state index in [1.807, 2.05) is 23.0 Å². The van der Waals surface area contributed by atoms with Gasteiger partial charge in [0.25, 0.3) is 0 Å². The molecule has 0 aliphatic carbocycles. The zero-order valence-electron chi connectivity index (χ0n) is 17.2. The molecule has 0 unspecified atom stereocenters. The molecule has 2 aromatic rings. The summed E-state index contributed by atoms with van der Waals surface area (Å²) < 4.78 is 1.84. The summed E-state index contributed by atoms with van der Waals surface area (Å²) in [6, 6.07) is 16.8. The van der Waals surface area contributed by atoms with E-state index in [4.69, 9.17) is 0 Å². The Bertz CT molecular complexity index is 1140. The van der Waals surface area contributed by atoms with Crippen LogP contribution in [-0.4, -0.2) is 39.4 Å². The van der Waals surface area contributed by atoms with Crippen molar-refractivity contribution in [1.82, 2.24) is 19.4 Å². The SMILES string of the molecule is Cc1ccc(-c2ccc(-c3nc4ccn(CC(=O)N(C)C)cc-4n3)cc2)cc1C. The van der Waals surface area contributed by atoms with Crippen LogP contribution >= 0.6 is 0 Å². The molecule has 0 saturated heterocycles. The highest BCUT2D eigenvalue weighted by Gasteiger charge is 2.14. The molecule has 2 aliphatic heterocycles. The number of aryl methyl sites for hydroxylation is 2. The highest BCUT2D eigenvalue weighted by molar-refractivity contribution is 5.76. The maximum atomic E-state index is 11.9. The average molecular weight is 384 g/mol. The summed E-state index contributed by atoms with van der Waals surface area (Å²) in [6.07, 6.45) is 3.74. The molecule has 0 saturated carbocycles. The van der Waals surface area contributed by atoms with Gasteiger partial charge in [0.05, 0.1) is 5.69 Å². The third-order valence-corrected chi connectivity index (χ3v) is 5.23. The molecule has 1 amide bonds. The quantitative estimate of drug-likeness (QED) is 0.523. The predicted molar refractivity (Wildman–Crippen MR) is 116 cm³/mol. The second kappa shape index (κ2) is 7.51. The molecule has 2 aliphatic rings. The number of likely N-dealkylation sites (N-methyl/N-ethyl adjacent to an activating group) is 1. The van der Waals surface area contributed by atoms with E-state index in [-0.39, 0.29) is 12.5 Å². The smallest absolute Gasteiger partial charge is 0.241 e. The van der Waals surface area contributed by atoms with Crippen LogP contribution in [0, 0.1) is 13.8 Å². The van der Waals surface area contributed by atoms with Crippen LogP contribution in [0.4, 0.5) is 0 Å². The van der Waals surface area contributed by atoms with Crippen molar-refractivity contribution in [3.63, 3.8) is 0 Å². The first-order chi connectivity index (χ1) is 13.9. The third kappa shape index (κ3) is 3.90. The van der Waals surface area contributed by atoms with Gasteiger partial charge in [-0.2, -0.15) is 0 Å². The fourth-order valence-electron chi connectivity index (χ4n) is 3.21. The Kier molecular flexibility index (Phi) is 4.89. The number of hydrogen-bond donors (Lipinski definition) is 0. The van der Waals surface area contributed by atoms with Crippen molar-refractivity contribution in [3.8, 4) is 33.9 Å². The van der Waals surface area contributed by atoms with Gasteiger partial charge in [0.15, 0.2) is 5.82 Å². The van der Waals surface area contributed by atoms with Crippen LogP contribution in [0.2, 0.25) is 0 Å². The molecule has 5 heteroatoms. The molecule has 0 fully saturated rings. The first-order valence-electron chi connectivity index (χ1n) is 9.62. The number of nitrogens with zero attached hydrogens (tertiary/aromatic N) is 4. The number of amides is 1. The Labute approximate surface area is 171 Å². The van der Waals surface area contributed by atoms with Crippen LogP contribution < -0.4 is 0 Å². The first kappa shape index (κ1) is 18.9. The zero-order valence-corrected chi connectivity index (χ0v) is 17.2. The van der Waals surface area contributed by atoms with Crippen LogP contribution in [0.25, 0.3) is 33.9 Å². The Morgan fingerprint density at radius 3 is 2.21 bits per heavy atom. The van der Waals surface area contributed by atoms with Gasteiger partial charge in [0.1, 0.15) is 12.2 Å². The molecular weight excluding hydrogens is 360 g/mol.